The summed E-state index contributed by atoms with van der Waals surface area (Å²) in [6.45, 7) is 5.61. The molecule has 1 aliphatic carbocycles. The molecule has 26 heavy (non-hydrogen) atoms. The molecule has 1 aromatic carbocycles. The molecule has 1 fully saturated rings. The number of hydrogen-bond donors (Lipinski definition) is 0. The summed E-state index contributed by atoms with van der Waals surface area (Å²) < 4.78 is 5.11. The van der Waals surface area contributed by atoms with E-state index < -0.39 is 0 Å². The predicted octanol–water partition coefficient (Wildman–Crippen LogP) is 3.99. The van der Waals surface area contributed by atoms with E-state index in [1.54, 1.807) is 11.8 Å². The van der Waals surface area contributed by atoms with Gasteiger partial charge >= 0.3 is 5.97 Å². The first-order valence-electron chi connectivity index (χ1n) is 9.78. The second kappa shape index (κ2) is 8.94. The fourth-order valence-electron chi connectivity index (χ4n) is 4.01. The first kappa shape index (κ1) is 19.3. The molecule has 5 heteroatoms. The summed E-state index contributed by atoms with van der Waals surface area (Å²) in [7, 11) is 0. The molecule has 1 amide bonds. The molecule has 0 N–H and O–H groups in total. The average molecular weight is 376 g/mol. The van der Waals surface area contributed by atoms with Crippen LogP contribution in [0.5, 0.6) is 0 Å². The molecule has 1 aliphatic heterocycles. The number of esters is 1. The van der Waals surface area contributed by atoms with Crippen molar-refractivity contribution >= 4 is 23.6 Å². The first-order chi connectivity index (χ1) is 12.6. The third-order valence-corrected chi connectivity index (χ3v) is 6.89. The Bertz CT molecular complexity index is 640. The highest BCUT2D eigenvalue weighted by molar-refractivity contribution is 8.00. The molecule has 1 saturated heterocycles. The van der Waals surface area contributed by atoms with Crippen LogP contribution in [0.4, 0.5) is 0 Å². The third kappa shape index (κ3) is 4.43. The van der Waals surface area contributed by atoms with Gasteiger partial charge < -0.3 is 9.64 Å². The summed E-state index contributed by atoms with van der Waals surface area (Å²) in [4.78, 5) is 26.7. The van der Waals surface area contributed by atoms with E-state index >= 15 is 0 Å². The maximum Gasteiger partial charge on any atom is 0.309 e. The average Bonchev–Trinajstić information content (AvgIpc) is 2.68. The van der Waals surface area contributed by atoms with E-state index in [4.69, 9.17) is 4.74 Å². The van der Waals surface area contributed by atoms with Crippen molar-refractivity contribution in [3.8, 4) is 0 Å². The van der Waals surface area contributed by atoms with Crippen molar-refractivity contribution in [3.63, 3.8) is 0 Å². The molecular weight excluding hydrogens is 346 g/mol. The van der Waals surface area contributed by atoms with Crippen molar-refractivity contribution in [1.29, 1.82) is 0 Å². The minimum absolute atomic E-state index is 0.0489. The van der Waals surface area contributed by atoms with Gasteiger partial charge in [-0.2, -0.15) is 0 Å². The fraction of sp³-hybridized carbons (Fsp3) is 0.619. The van der Waals surface area contributed by atoms with Gasteiger partial charge in [-0.3, -0.25) is 9.59 Å². The number of piperidine rings is 1. The van der Waals surface area contributed by atoms with Crippen LogP contribution in [-0.2, 0) is 20.7 Å². The van der Waals surface area contributed by atoms with Crippen molar-refractivity contribution in [3.05, 3.63) is 35.4 Å². The van der Waals surface area contributed by atoms with Crippen molar-refractivity contribution in [2.24, 2.45) is 5.92 Å². The van der Waals surface area contributed by atoms with E-state index in [2.05, 4.69) is 24.3 Å². The SMILES string of the molecule is CCOC(=O)C1CCN(C(=O)C(C)SC2CCCc3ccccc32)CC1. The lowest BCUT2D eigenvalue weighted by Gasteiger charge is -2.34. The highest BCUT2D eigenvalue weighted by Crippen LogP contribution is 2.42. The van der Waals surface area contributed by atoms with Crippen LogP contribution in [0.1, 0.15) is 55.9 Å². The van der Waals surface area contributed by atoms with E-state index in [1.807, 2.05) is 18.7 Å². The van der Waals surface area contributed by atoms with Crippen LogP contribution in [0.2, 0.25) is 0 Å². The number of nitrogens with zero attached hydrogens (tertiary/aromatic N) is 1. The maximum absolute atomic E-state index is 12.9. The topological polar surface area (TPSA) is 46.6 Å². The van der Waals surface area contributed by atoms with Crippen molar-refractivity contribution in [2.75, 3.05) is 19.7 Å². The Morgan fingerprint density at radius 2 is 1.96 bits per heavy atom. The number of rotatable bonds is 5. The number of thioether (sulfide) groups is 1. The van der Waals surface area contributed by atoms with Gasteiger partial charge in [0.2, 0.25) is 5.91 Å². The lowest BCUT2D eigenvalue weighted by atomic mass is 9.91. The minimum Gasteiger partial charge on any atom is -0.466 e. The number of ether oxygens (including phenoxy) is 1. The monoisotopic (exact) mass is 375 g/mol. The summed E-state index contributed by atoms with van der Waals surface area (Å²) >= 11 is 1.80. The van der Waals surface area contributed by atoms with Gasteiger partial charge in [0.25, 0.3) is 0 Å². The van der Waals surface area contributed by atoms with E-state index in [0.29, 0.717) is 37.8 Å². The third-order valence-electron chi connectivity index (χ3n) is 5.46. The highest BCUT2D eigenvalue weighted by atomic mass is 32.2. The van der Waals surface area contributed by atoms with Crippen LogP contribution < -0.4 is 0 Å². The summed E-state index contributed by atoms with van der Waals surface area (Å²) in [5, 5.41) is 0.362. The maximum atomic E-state index is 12.9. The van der Waals surface area contributed by atoms with E-state index in [1.165, 1.54) is 17.5 Å². The zero-order chi connectivity index (χ0) is 18.5. The highest BCUT2D eigenvalue weighted by Gasteiger charge is 2.32. The van der Waals surface area contributed by atoms with Crippen LogP contribution in [0, 0.1) is 5.92 Å². The van der Waals surface area contributed by atoms with Crippen LogP contribution in [0.25, 0.3) is 0 Å². The Morgan fingerprint density at radius 1 is 1.23 bits per heavy atom. The van der Waals surface area contributed by atoms with Crippen LogP contribution in [0.3, 0.4) is 0 Å². The van der Waals surface area contributed by atoms with Crippen LogP contribution >= 0.6 is 11.8 Å². The Morgan fingerprint density at radius 3 is 2.69 bits per heavy atom. The number of likely N-dealkylation sites (tertiary alicyclic amines) is 1. The van der Waals surface area contributed by atoms with E-state index in [9.17, 15) is 9.59 Å². The molecule has 2 unspecified atom stereocenters. The van der Waals surface area contributed by atoms with Crippen molar-refractivity contribution < 1.29 is 14.3 Å². The summed E-state index contributed by atoms with van der Waals surface area (Å²) in [5.41, 5.74) is 2.84. The van der Waals surface area contributed by atoms with E-state index in [-0.39, 0.29) is 23.0 Å². The van der Waals surface area contributed by atoms with Gasteiger partial charge in [-0.25, -0.2) is 0 Å². The lowest BCUT2D eigenvalue weighted by molar-refractivity contribution is -0.151. The molecule has 3 rings (SSSR count). The Labute approximate surface area is 160 Å². The molecule has 4 nitrogen and oxygen atoms in total. The Kier molecular flexibility index (Phi) is 6.63. The molecule has 0 saturated carbocycles. The Hall–Kier alpha value is -1.49. The number of carbonyl (C=O) groups is 2. The normalized spacial score (nSPS) is 21.8. The number of fused-ring (bicyclic) bond motifs is 1. The first-order valence-corrected chi connectivity index (χ1v) is 10.7. The number of amides is 1. The second-order valence-electron chi connectivity index (χ2n) is 7.21. The molecular formula is C21H29NO3S. The van der Waals surface area contributed by atoms with Gasteiger partial charge in [-0.05, 0) is 57.1 Å². The summed E-state index contributed by atoms with van der Waals surface area (Å²) in [6.07, 6.45) is 4.92. The zero-order valence-corrected chi connectivity index (χ0v) is 16.6. The second-order valence-corrected chi connectivity index (χ2v) is 8.76. The van der Waals surface area contributed by atoms with Gasteiger partial charge in [0, 0.05) is 18.3 Å². The molecule has 0 bridgehead atoms. The summed E-state index contributed by atoms with van der Waals surface area (Å²) in [6, 6.07) is 8.64. The van der Waals surface area contributed by atoms with Gasteiger partial charge in [0.05, 0.1) is 17.8 Å². The molecule has 0 aromatic heterocycles. The molecule has 1 heterocycles. The molecule has 0 spiro atoms. The minimum atomic E-state index is -0.110. The molecule has 2 aliphatic rings. The van der Waals surface area contributed by atoms with Gasteiger partial charge in [0.1, 0.15) is 0 Å². The molecule has 142 valence electrons. The largest absolute Gasteiger partial charge is 0.466 e. The van der Waals surface area contributed by atoms with Crippen LogP contribution in [-0.4, -0.2) is 41.7 Å². The molecule has 0 radical (unpaired) electrons. The standard InChI is InChI=1S/C21H29NO3S/c1-3-25-21(24)17-11-13-22(14-12-17)20(23)15(2)26-19-10-6-8-16-7-4-5-9-18(16)19/h4-5,7,9,15,17,19H,3,6,8,10-14H2,1-2H3. The lowest BCUT2D eigenvalue weighted by Crippen LogP contribution is -2.43. The number of carbonyl (C=O) groups excluding carboxylic acids is 2. The smallest absolute Gasteiger partial charge is 0.309 e. The number of aryl methyl sites for hydroxylation is 1. The quantitative estimate of drug-likeness (QED) is 0.730. The zero-order valence-electron chi connectivity index (χ0n) is 15.8. The van der Waals surface area contributed by atoms with Crippen LogP contribution in [0.15, 0.2) is 24.3 Å². The van der Waals surface area contributed by atoms with Gasteiger partial charge in [-0.15, -0.1) is 11.8 Å². The van der Waals surface area contributed by atoms with Crippen molar-refractivity contribution in [2.45, 2.75) is 56.5 Å². The molecule has 2 atom stereocenters. The van der Waals surface area contributed by atoms with Crippen molar-refractivity contribution in [1.82, 2.24) is 4.90 Å². The van der Waals surface area contributed by atoms with E-state index in [0.717, 1.165) is 12.8 Å². The van der Waals surface area contributed by atoms with Gasteiger partial charge in [-0.1, -0.05) is 24.3 Å². The fourth-order valence-corrected chi connectivity index (χ4v) is 5.45. The number of hydrogen-bond acceptors (Lipinski definition) is 4. The number of benzene rings is 1. The van der Waals surface area contributed by atoms with Gasteiger partial charge in [0.15, 0.2) is 0 Å². The predicted molar refractivity (Wildman–Crippen MR) is 105 cm³/mol. The molecule has 1 aromatic rings. The summed E-state index contributed by atoms with van der Waals surface area (Å²) in [5.74, 6) is 0.0494. The Balaban J connectivity index is 1.54.